The van der Waals surface area contributed by atoms with Crippen molar-refractivity contribution in [1.82, 2.24) is 14.7 Å². The fourth-order valence-corrected chi connectivity index (χ4v) is 3.72. The Balaban J connectivity index is 1.73. The SMILES string of the molecule is Cc1cc(C)n(CCCN(C)C2CCSC2)n1. The topological polar surface area (TPSA) is 21.1 Å². The van der Waals surface area contributed by atoms with Gasteiger partial charge in [0.2, 0.25) is 0 Å². The lowest BCUT2D eigenvalue weighted by atomic mass is 10.2. The van der Waals surface area contributed by atoms with Crippen molar-refractivity contribution >= 4 is 11.8 Å². The lowest BCUT2D eigenvalue weighted by molar-refractivity contribution is 0.253. The van der Waals surface area contributed by atoms with E-state index in [4.69, 9.17) is 0 Å². The summed E-state index contributed by atoms with van der Waals surface area (Å²) in [6.45, 7) is 6.43. The van der Waals surface area contributed by atoms with Crippen molar-refractivity contribution in [1.29, 1.82) is 0 Å². The van der Waals surface area contributed by atoms with E-state index in [9.17, 15) is 0 Å². The average molecular weight is 253 g/mol. The Labute approximate surface area is 109 Å². The molecule has 1 atom stereocenters. The van der Waals surface area contributed by atoms with Gasteiger partial charge < -0.3 is 4.90 Å². The van der Waals surface area contributed by atoms with Gasteiger partial charge in [-0.1, -0.05) is 0 Å². The molecule has 0 bridgehead atoms. The van der Waals surface area contributed by atoms with Gasteiger partial charge in [-0.25, -0.2) is 0 Å². The van der Waals surface area contributed by atoms with Crippen LogP contribution in [0.2, 0.25) is 0 Å². The van der Waals surface area contributed by atoms with Crippen LogP contribution in [-0.4, -0.2) is 45.8 Å². The summed E-state index contributed by atoms with van der Waals surface area (Å²) in [5.74, 6) is 2.66. The van der Waals surface area contributed by atoms with E-state index in [2.05, 4.69) is 53.4 Å². The summed E-state index contributed by atoms with van der Waals surface area (Å²) in [5.41, 5.74) is 2.41. The van der Waals surface area contributed by atoms with Gasteiger partial charge in [-0.3, -0.25) is 4.68 Å². The number of nitrogens with zero attached hydrogens (tertiary/aromatic N) is 3. The normalized spacial score (nSPS) is 20.4. The summed E-state index contributed by atoms with van der Waals surface area (Å²) in [4.78, 5) is 2.52. The Morgan fingerprint density at radius 1 is 1.53 bits per heavy atom. The highest BCUT2D eigenvalue weighted by molar-refractivity contribution is 7.99. The van der Waals surface area contributed by atoms with Crippen LogP contribution in [0.15, 0.2) is 6.07 Å². The molecule has 2 rings (SSSR count). The third kappa shape index (κ3) is 3.49. The maximum absolute atomic E-state index is 4.50. The zero-order valence-electron chi connectivity index (χ0n) is 11.1. The Hall–Kier alpha value is -0.480. The average Bonchev–Trinajstić information content (AvgIpc) is 2.89. The van der Waals surface area contributed by atoms with Crippen LogP contribution in [0, 0.1) is 13.8 Å². The standard InChI is InChI=1S/C13H23N3S/c1-11-9-12(2)16(14-11)7-4-6-15(3)13-5-8-17-10-13/h9,13H,4-8,10H2,1-3H3. The molecule has 0 N–H and O–H groups in total. The second-order valence-corrected chi connectivity index (χ2v) is 6.15. The van der Waals surface area contributed by atoms with Crippen LogP contribution >= 0.6 is 11.8 Å². The molecule has 0 spiro atoms. The smallest absolute Gasteiger partial charge is 0.0596 e. The number of rotatable bonds is 5. The van der Waals surface area contributed by atoms with E-state index in [1.807, 2.05) is 0 Å². The first-order valence-electron chi connectivity index (χ1n) is 6.46. The molecule has 0 amide bonds. The van der Waals surface area contributed by atoms with Crippen molar-refractivity contribution in [3.8, 4) is 0 Å². The summed E-state index contributed by atoms with van der Waals surface area (Å²) in [6, 6.07) is 2.96. The largest absolute Gasteiger partial charge is 0.302 e. The van der Waals surface area contributed by atoms with Crippen molar-refractivity contribution in [2.45, 2.75) is 39.3 Å². The first-order valence-corrected chi connectivity index (χ1v) is 7.61. The minimum Gasteiger partial charge on any atom is -0.302 e. The highest BCUT2D eigenvalue weighted by Crippen LogP contribution is 2.21. The van der Waals surface area contributed by atoms with Crippen LogP contribution < -0.4 is 0 Å². The molecule has 0 radical (unpaired) electrons. The van der Waals surface area contributed by atoms with E-state index in [0.29, 0.717) is 0 Å². The Bertz CT molecular complexity index is 356. The molecular weight excluding hydrogens is 230 g/mol. The summed E-state index contributed by atoms with van der Waals surface area (Å²) in [6.07, 6.45) is 2.56. The van der Waals surface area contributed by atoms with Crippen molar-refractivity contribution in [2.24, 2.45) is 0 Å². The number of hydrogen-bond donors (Lipinski definition) is 0. The molecule has 2 heterocycles. The van der Waals surface area contributed by atoms with Crippen LogP contribution in [0.25, 0.3) is 0 Å². The molecule has 0 aromatic carbocycles. The van der Waals surface area contributed by atoms with E-state index in [0.717, 1.165) is 18.3 Å². The van der Waals surface area contributed by atoms with Gasteiger partial charge >= 0.3 is 0 Å². The first-order chi connectivity index (χ1) is 8.16. The lowest BCUT2D eigenvalue weighted by Crippen LogP contribution is -2.32. The monoisotopic (exact) mass is 253 g/mol. The molecule has 1 aliphatic heterocycles. The summed E-state index contributed by atoms with van der Waals surface area (Å²) in [5, 5.41) is 4.50. The number of aromatic nitrogens is 2. The van der Waals surface area contributed by atoms with Gasteiger partial charge in [-0.05, 0) is 52.1 Å². The lowest BCUT2D eigenvalue weighted by Gasteiger charge is -2.23. The third-order valence-electron chi connectivity index (χ3n) is 3.51. The zero-order chi connectivity index (χ0) is 12.3. The highest BCUT2D eigenvalue weighted by atomic mass is 32.2. The van der Waals surface area contributed by atoms with Crippen molar-refractivity contribution in [3.05, 3.63) is 17.5 Å². The van der Waals surface area contributed by atoms with Crippen LogP contribution in [0.4, 0.5) is 0 Å². The fraction of sp³-hybridized carbons (Fsp3) is 0.769. The molecule has 1 fully saturated rings. The molecule has 1 aromatic rings. The Morgan fingerprint density at radius 3 is 2.94 bits per heavy atom. The van der Waals surface area contributed by atoms with E-state index in [-0.39, 0.29) is 0 Å². The van der Waals surface area contributed by atoms with E-state index in [1.165, 1.54) is 36.6 Å². The van der Waals surface area contributed by atoms with Crippen LogP contribution in [-0.2, 0) is 6.54 Å². The number of aryl methyl sites for hydroxylation is 3. The molecule has 96 valence electrons. The molecular formula is C13H23N3S. The summed E-state index contributed by atoms with van der Waals surface area (Å²) in [7, 11) is 2.26. The molecule has 1 aromatic heterocycles. The minimum atomic E-state index is 0.806. The van der Waals surface area contributed by atoms with Gasteiger partial charge in [-0.15, -0.1) is 0 Å². The minimum absolute atomic E-state index is 0.806. The molecule has 3 nitrogen and oxygen atoms in total. The van der Waals surface area contributed by atoms with Gasteiger partial charge in [0.25, 0.3) is 0 Å². The molecule has 1 saturated heterocycles. The predicted octanol–water partition coefficient (Wildman–Crippen LogP) is 2.33. The quantitative estimate of drug-likeness (QED) is 0.803. The highest BCUT2D eigenvalue weighted by Gasteiger charge is 2.19. The Kier molecular flexibility index (Phi) is 4.51. The van der Waals surface area contributed by atoms with E-state index >= 15 is 0 Å². The van der Waals surface area contributed by atoms with E-state index < -0.39 is 0 Å². The van der Waals surface area contributed by atoms with Gasteiger partial charge in [0.1, 0.15) is 0 Å². The van der Waals surface area contributed by atoms with Gasteiger partial charge in [-0.2, -0.15) is 16.9 Å². The first kappa shape index (κ1) is 13.0. The second kappa shape index (κ2) is 5.91. The molecule has 1 unspecified atom stereocenters. The maximum Gasteiger partial charge on any atom is 0.0596 e. The number of thioether (sulfide) groups is 1. The second-order valence-electron chi connectivity index (χ2n) is 5.00. The molecule has 1 aliphatic rings. The molecule has 4 heteroatoms. The third-order valence-corrected chi connectivity index (χ3v) is 4.66. The van der Waals surface area contributed by atoms with Gasteiger partial charge in [0.15, 0.2) is 0 Å². The van der Waals surface area contributed by atoms with Crippen molar-refractivity contribution < 1.29 is 0 Å². The van der Waals surface area contributed by atoms with Crippen LogP contribution in [0.1, 0.15) is 24.2 Å². The summed E-state index contributed by atoms with van der Waals surface area (Å²) < 4.78 is 2.13. The predicted molar refractivity (Wildman–Crippen MR) is 74.7 cm³/mol. The molecule has 0 aliphatic carbocycles. The maximum atomic E-state index is 4.50. The molecule has 0 saturated carbocycles. The van der Waals surface area contributed by atoms with Gasteiger partial charge in [0.05, 0.1) is 5.69 Å². The van der Waals surface area contributed by atoms with Crippen LogP contribution in [0.5, 0.6) is 0 Å². The number of hydrogen-bond acceptors (Lipinski definition) is 3. The molecule has 17 heavy (non-hydrogen) atoms. The zero-order valence-corrected chi connectivity index (χ0v) is 12.0. The van der Waals surface area contributed by atoms with E-state index in [1.54, 1.807) is 0 Å². The van der Waals surface area contributed by atoms with Gasteiger partial charge in [0, 0.05) is 24.0 Å². The van der Waals surface area contributed by atoms with Crippen molar-refractivity contribution in [3.63, 3.8) is 0 Å². The fourth-order valence-electron chi connectivity index (χ4n) is 2.42. The van der Waals surface area contributed by atoms with Crippen LogP contribution in [0.3, 0.4) is 0 Å². The summed E-state index contributed by atoms with van der Waals surface area (Å²) >= 11 is 2.09. The van der Waals surface area contributed by atoms with Crippen molar-refractivity contribution in [2.75, 3.05) is 25.1 Å². The Morgan fingerprint density at radius 2 is 2.35 bits per heavy atom.